The second-order valence-electron chi connectivity index (χ2n) is 6.97. The standard InChI is InChI=1S/C21H20ClNO4/c1-26-21(25)14-6-2-12(3-7-14)18-10-16(22)8-15-9-17(27-19(15)18)11-23-20(24)13-4-5-13/h2-3,6-8,10,13,17H,4-5,9,11H2,1H3,(H,23,24). The molecule has 1 fully saturated rings. The highest BCUT2D eigenvalue weighted by atomic mass is 35.5. The summed E-state index contributed by atoms with van der Waals surface area (Å²) in [5, 5.41) is 3.60. The number of hydrogen-bond donors (Lipinski definition) is 1. The molecule has 2 aliphatic rings. The molecule has 1 aliphatic carbocycles. The van der Waals surface area contributed by atoms with Crippen molar-refractivity contribution in [2.75, 3.05) is 13.7 Å². The van der Waals surface area contributed by atoms with Gasteiger partial charge in [0, 0.05) is 28.5 Å². The van der Waals surface area contributed by atoms with Crippen LogP contribution in [0.2, 0.25) is 5.02 Å². The first-order chi connectivity index (χ1) is 13.0. The lowest BCUT2D eigenvalue weighted by molar-refractivity contribution is -0.122. The Bertz CT molecular complexity index is 890. The fourth-order valence-electron chi connectivity index (χ4n) is 3.33. The molecule has 140 valence electrons. The van der Waals surface area contributed by atoms with E-state index in [0.29, 0.717) is 23.6 Å². The molecule has 0 spiro atoms. The molecule has 27 heavy (non-hydrogen) atoms. The lowest BCUT2D eigenvalue weighted by atomic mass is 9.99. The van der Waals surface area contributed by atoms with Crippen LogP contribution in [0.1, 0.15) is 28.8 Å². The average molecular weight is 386 g/mol. The molecule has 1 atom stereocenters. The number of amides is 1. The van der Waals surface area contributed by atoms with E-state index in [-0.39, 0.29) is 23.9 Å². The fourth-order valence-corrected chi connectivity index (χ4v) is 3.57. The third-order valence-electron chi connectivity index (χ3n) is 4.93. The van der Waals surface area contributed by atoms with Crippen LogP contribution < -0.4 is 10.1 Å². The monoisotopic (exact) mass is 385 g/mol. The van der Waals surface area contributed by atoms with Gasteiger partial charge in [-0.25, -0.2) is 4.79 Å². The van der Waals surface area contributed by atoms with Gasteiger partial charge in [0.25, 0.3) is 0 Å². The van der Waals surface area contributed by atoms with Crippen LogP contribution in [0, 0.1) is 5.92 Å². The van der Waals surface area contributed by atoms with Gasteiger partial charge in [-0.15, -0.1) is 0 Å². The predicted molar refractivity (Wildman–Crippen MR) is 102 cm³/mol. The van der Waals surface area contributed by atoms with Crippen molar-refractivity contribution < 1.29 is 19.1 Å². The van der Waals surface area contributed by atoms with Crippen molar-refractivity contribution in [2.24, 2.45) is 5.92 Å². The number of methoxy groups -OCH3 is 1. The van der Waals surface area contributed by atoms with Crippen molar-refractivity contribution in [1.82, 2.24) is 5.32 Å². The van der Waals surface area contributed by atoms with Gasteiger partial charge in [0.05, 0.1) is 19.2 Å². The zero-order valence-corrected chi connectivity index (χ0v) is 15.7. The van der Waals surface area contributed by atoms with Gasteiger partial charge in [-0.05, 0) is 42.7 Å². The quantitative estimate of drug-likeness (QED) is 0.798. The summed E-state index contributed by atoms with van der Waals surface area (Å²) < 4.78 is 10.9. The van der Waals surface area contributed by atoms with Gasteiger partial charge in [-0.2, -0.15) is 0 Å². The molecule has 0 radical (unpaired) electrons. The van der Waals surface area contributed by atoms with Crippen molar-refractivity contribution in [3.63, 3.8) is 0 Å². The van der Waals surface area contributed by atoms with E-state index in [1.807, 2.05) is 24.3 Å². The first-order valence-electron chi connectivity index (χ1n) is 9.00. The summed E-state index contributed by atoms with van der Waals surface area (Å²) in [6.45, 7) is 0.488. The largest absolute Gasteiger partial charge is 0.487 e. The molecule has 2 aromatic rings. The number of halogens is 1. The number of carbonyl (C=O) groups is 2. The molecular weight excluding hydrogens is 366 g/mol. The SMILES string of the molecule is COC(=O)c1ccc(-c2cc(Cl)cc3c2OC(CNC(=O)C2CC2)C3)cc1. The van der Waals surface area contributed by atoms with Crippen molar-refractivity contribution in [3.8, 4) is 16.9 Å². The molecule has 1 unspecified atom stereocenters. The normalized spacial score (nSPS) is 17.8. The lowest BCUT2D eigenvalue weighted by Gasteiger charge is -2.14. The van der Waals surface area contributed by atoms with Crippen molar-refractivity contribution in [1.29, 1.82) is 0 Å². The van der Waals surface area contributed by atoms with Crippen LogP contribution >= 0.6 is 11.6 Å². The number of benzene rings is 2. The van der Waals surface area contributed by atoms with E-state index in [1.54, 1.807) is 12.1 Å². The summed E-state index contributed by atoms with van der Waals surface area (Å²) in [5.41, 5.74) is 3.30. The Morgan fingerprint density at radius 3 is 2.63 bits per heavy atom. The van der Waals surface area contributed by atoms with Crippen LogP contribution in [0.3, 0.4) is 0 Å². The van der Waals surface area contributed by atoms with Gasteiger partial charge in [-0.1, -0.05) is 23.7 Å². The second-order valence-corrected chi connectivity index (χ2v) is 7.41. The molecule has 5 nitrogen and oxygen atoms in total. The minimum Gasteiger partial charge on any atom is -0.487 e. The molecule has 1 N–H and O–H groups in total. The maximum absolute atomic E-state index is 11.9. The van der Waals surface area contributed by atoms with Crippen LogP contribution in [0.15, 0.2) is 36.4 Å². The molecule has 1 amide bonds. The number of carbonyl (C=O) groups excluding carboxylic acids is 2. The van der Waals surface area contributed by atoms with Crippen LogP contribution in [-0.4, -0.2) is 31.6 Å². The molecule has 4 rings (SSSR count). The summed E-state index contributed by atoms with van der Waals surface area (Å²) in [4.78, 5) is 23.5. The zero-order chi connectivity index (χ0) is 19.0. The van der Waals surface area contributed by atoms with E-state index in [4.69, 9.17) is 21.1 Å². The molecule has 2 aromatic carbocycles. The summed E-state index contributed by atoms with van der Waals surface area (Å²) in [6.07, 6.45) is 2.57. The number of fused-ring (bicyclic) bond motifs is 1. The zero-order valence-electron chi connectivity index (χ0n) is 15.0. The van der Waals surface area contributed by atoms with E-state index >= 15 is 0 Å². The lowest BCUT2D eigenvalue weighted by Crippen LogP contribution is -2.35. The minimum atomic E-state index is -0.374. The van der Waals surface area contributed by atoms with Gasteiger partial charge in [0.2, 0.25) is 5.91 Å². The Labute approximate surface area is 162 Å². The summed E-state index contributed by atoms with van der Waals surface area (Å²) in [6, 6.07) is 10.9. The molecular formula is C21H20ClNO4. The van der Waals surface area contributed by atoms with Gasteiger partial charge in [0.1, 0.15) is 11.9 Å². The van der Waals surface area contributed by atoms with E-state index in [2.05, 4.69) is 5.32 Å². The van der Waals surface area contributed by atoms with Gasteiger partial charge >= 0.3 is 5.97 Å². The smallest absolute Gasteiger partial charge is 0.337 e. The first-order valence-corrected chi connectivity index (χ1v) is 9.38. The highest BCUT2D eigenvalue weighted by molar-refractivity contribution is 6.31. The predicted octanol–water partition coefficient (Wildman–Crippen LogP) is 3.62. The highest BCUT2D eigenvalue weighted by Gasteiger charge is 2.31. The van der Waals surface area contributed by atoms with Crippen LogP contribution in [-0.2, 0) is 16.0 Å². The molecule has 1 heterocycles. The maximum atomic E-state index is 11.9. The van der Waals surface area contributed by atoms with Crippen LogP contribution in [0.4, 0.5) is 0 Å². The van der Waals surface area contributed by atoms with Gasteiger partial charge < -0.3 is 14.8 Å². The van der Waals surface area contributed by atoms with E-state index < -0.39 is 0 Å². The number of nitrogens with one attached hydrogen (secondary N) is 1. The Hall–Kier alpha value is -2.53. The molecule has 0 aromatic heterocycles. The number of esters is 1. The second kappa shape index (κ2) is 7.24. The summed E-state index contributed by atoms with van der Waals surface area (Å²) in [7, 11) is 1.36. The average Bonchev–Trinajstić information content (AvgIpc) is 3.45. The topological polar surface area (TPSA) is 64.6 Å². The Morgan fingerprint density at radius 1 is 1.22 bits per heavy atom. The molecule has 1 saturated carbocycles. The van der Waals surface area contributed by atoms with Crippen molar-refractivity contribution in [2.45, 2.75) is 25.4 Å². The fraction of sp³-hybridized carbons (Fsp3) is 0.333. The number of rotatable bonds is 5. The molecule has 0 bridgehead atoms. The summed E-state index contributed by atoms with van der Waals surface area (Å²) >= 11 is 6.31. The number of hydrogen-bond acceptors (Lipinski definition) is 4. The Balaban J connectivity index is 1.54. The summed E-state index contributed by atoms with van der Waals surface area (Å²) in [5.74, 6) is 0.717. The van der Waals surface area contributed by atoms with E-state index in [0.717, 1.165) is 35.3 Å². The van der Waals surface area contributed by atoms with Crippen LogP contribution in [0.5, 0.6) is 5.75 Å². The molecule has 0 saturated heterocycles. The third-order valence-corrected chi connectivity index (χ3v) is 5.15. The van der Waals surface area contributed by atoms with E-state index in [9.17, 15) is 9.59 Å². The third kappa shape index (κ3) is 3.78. The Kier molecular flexibility index (Phi) is 4.79. The van der Waals surface area contributed by atoms with Crippen molar-refractivity contribution >= 4 is 23.5 Å². The van der Waals surface area contributed by atoms with E-state index in [1.165, 1.54) is 7.11 Å². The van der Waals surface area contributed by atoms with Crippen molar-refractivity contribution in [3.05, 3.63) is 52.5 Å². The minimum absolute atomic E-state index is 0.103. The van der Waals surface area contributed by atoms with Gasteiger partial charge in [-0.3, -0.25) is 4.79 Å². The maximum Gasteiger partial charge on any atom is 0.337 e. The molecule has 1 aliphatic heterocycles. The Morgan fingerprint density at radius 2 is 1.96 bits per heavy atom. The van der Waals surface area contributed by atoms with Gasteiger partial charge in [0.15, 0.2) is 0 Å². The van der Waals surface area contributed by atoms with Crippen LogP contribution in [0.25, 0.3) is 11.1 Å². The molecule has 6 heteroatoms. The number of ether oxygens (including phenoxy) is 2. The first kappa shape index (κ1) is 17.9. The highest BCUT2D eigenvalue weighted by Crippen LogP contribution is 2.41.